The SMILES string of the molecule is O=C(Cc1cccnc1)NCc1ccc(C(=O)O)nc1. The van der Waals surface area contributed by atoms with Crippen LogP contribution in [0.2, 0.25) is 0 Å². The highest BCUT2D eigenvalue weighted by Crippen LogP contribution is 2.01. The molecule has 0 fully saturated rings. The van der Waals surface area contributed by atoms with Gasteiger partial charge in [-0.25, -0.2) is 9.78 Å². The average Bonchev–Trinajstić information content (AvgIpc) is 2.46. The Hall–Kier alpha value is -2.76. The molecule has 2 rings (SSSR count). The largest absolute Gasteiger partial charge is 0.477 e. The molecule has 0 bridgehead atoms. The zero-order chi connectivity index (χ0) is 14.4. The fraction of sp³-hybridized carbons (Fsp3) is 0.143. The number of nitrogens with one attached hydrogen (secondary N) is 1. The van der Waals surface area contributed by atoms with Crippen LogP contribution in [0.5, 0.6) is 0 Å². The minimum Gasteiger partial charge on any atom is -0.477 e. The zero-order valence-electron chi connectivity index (χ0n) is 10.6. The maximum atomic E-state index is 11.7. The van der Waals surface area contributed by atoms with Gasteiger partial charge in [-0.1, -0.05) is 12.1 Å². The lowest BCUT2D eigenvalue weighted by Gasteiger charge is -2.05. The van der Waals surface area contributed by atoms with Crippen molar-refractivity contribution in [1.29, 1.82) is 0 Å². The third-order valence-electron chi connectivity index (χ3n) is 2.62. The molecular formula is C14H13N3O3. The molecule has 0 aromatic carbocycles. The lowest BCUT2D eigenvalue weighted by molar-refractivity contribution is -0.120. The van der Waals surface area contributed by atoms with Crippen LogP contribution in [0.15, 0.2) is 42.9 Å². The van der Waals surface area contributed by atoms with Gasteiger partial charge in [-0.3, -0.25) is 9.78 Å². The number of pyridine rings is 2. The number of carbonyl (C=O) groups excluding carboxylic acids is 1. The van der Waals surface area contributed by atoms with Crippen LogP contribution in [0.3, 0.4) is 0 Å². The molecule has 0 unspecified atom stereocenters. The average molecular weight is 271 g/mol. The second kappa shape index (κ2) is 6.42. The molecule has 0 aliphatic carbocycles. The molecule has 2 heterocycles. The van der Waals surface area contributed by atoms with Crippen molar-refractivity contribution in [1.82, 2.24) is 15.3 Å². The second-order valence-electron chi connectivity index (χ2n) is 4.17. The molecule has 0 aliphatic heterocycles. The van der Waals surface area contributed by atoms with Gasteiger partial charge in [-0.05, 0) is 23.3 Å². The Morgan fingerprint density at radius 3 is 2.60 bits per heavy atom. The summed E-state index contributed by atoms with van der Waals surface area (Å²) < 4.78 is 0. The summed E-state index contributed by atoms with van der Waals surface area (Å²) in [6, 6.07) is 6.64. The molecule has 2 aromatic rings. The molecule has 0 spiro atoms. The van der Waals surface area contributed by atoms with E-state index in [1.165, 1.54) is 12.3 Å². The van der Waals surface area contributed by atoms with Crippen LogP contribution < -0.4 is 5.32 Å². The van der Waals surface area contributed by atoms with E-state index in [4.69, 9.17) is 5.11 Å². The quantitative estimate of drug-likeness (QED) is 0.847. The van der Waals surface area contributed by atoms with Gasteiger partial charge in [0.1, 0.15) is 5.69 Å². The molecule has 0 saturated heterocycles. The molecular weight excluding hydrogens is 258 g/mol. The van der Waals surface area contributed by atoms with Gasteiger partial charge in [-0.15, -0.1) is 0 Å². The summed E-state index contributed by atoms with van der Waals surface area (Å²) in [4.78, 5) is 30.1. The lowest BCUT2D eigenvalue weighted by atomic mass is 10.2. The van der Waals surface area contributed by atoms with Gasteiger partial charge >= 0.3 is 5.97 Å². The first kappa shape index (κ1) is 13.7. The molecule has 20 heavy (non-hydrogen) atoms. The highest BCUT2D eigenvalue weighted by atomic mass is 16.4. The predicted octanol–water partition coefficient (Wildman–Crippen LogP) is 1.03. The summed E-state index contributed by atoms with van der Waals surface area (Å²) in [6.45, 7) is 0.312. The highest BCUT2D eigenvalue weighted by Gasteiger charge is 2.05. The number of carbonyl (C=O) groups is 2. The summed E-state index contributed by atoms with van der Waals surface area (Å²) >= 11 is 0. The van der Waals surface area contributed by atoms with Gasteiger partial charge < -0.3 is 10.4 Å². The van der Waals surface area contributed by atoms with E-state index in [0.29, 0.717) is 6.54 Å². The fourth-order valence-corrected chi connectivity index (χ4v) is 1.61. The van der Waals surface area contributed by atoms with Gasteiger partial charge in [0.2, 0.25) is 5.91 Å². The van der Waals surface area contributed by atoms with E-state index in [9.17, 15) is 9.59 Å². The summed E-state index contributed by atoms with van der Waals surface area (Å²) in [5.41, 5.74) is 1.56. The van der Waals surface area contributed by atoms with Crippen LogP contribution in [-0.4, -0.2) is 27.0 Å². The Kier molecular flexibility index (Phi) is 4.39. The molecule has 102 valence electrons. The first-order chi connectivity index (χ1) is 9.65. The number of hydrogen-bond acceptors (Lipinski definition) is 4. The summed E-state index contributed by atoms with van der Waals surface area (Å²) in [5, 5.41) is 11.5. The highest BCUT2D eigenvalue weighted by molar-refractivity contribution is 5.85. The van der Waals surface area contributed by atoms with E-state index in [-0.39, 0.29) is 18.0 Å². The number of amides is 1. The molecule has 1 amide bonds. The number of nitrogens with zero attached hydrogens (tertiary/aromatic N) is 2. The van der Waals surface area contributed by atoms with E-state index in [2.05, 4.69) is 15.3 Å². The molecule has 0 saturated carbocycles. The smallest absolute Gasteiger partial charge is 0.354 e. The van der Waals surface area contributed by atoms with E-state index in [0.717, 1.165) is 11.1 Å². The van der Waals surface area contributed by atoms with Crippen LogP contribution in [0, 0.1) is 0 Å². The van der Waals surface area contributed by atoms with Crippen LogP contribution in [0.4, 0.5) is 0 Å². The number of aromatic nitrogens is 2. The number of carboxylic acid groups (broad SMARTS) is 1. The summed E-state index contributed by atoms with van der Waals surface area (Å²) in [5.74, 6) is -1.20. The second-order valence-corrected chi connectivity index (χ2v) is 4.17. The normalized spacial score (nSPS) is 10.0. The Balaban J connectivity index is 1.85. The lowest BCUT2D eigenvalue weighted by Crippen LogP contribution is -2.24. The molecule has 0 aliphatic rings. The van der Waals surface area contributed by atoms with Crippen molar-refractivity contribution in [2.24, 2.45) is 0 Å². The standard InChI is InChI=1S/C14H13N3O3/c18-13(6-10-2-1-5-15-7-10)17-9-11-3-4-12(14(19)20)16-8-11/h1-5,7-8H,6,9H2,(H,17,18)(H,19,20). The Morgan fingerprint density at radius 1 is 1.15 bits per heavy atom. The van der Waals surface area contributed by atoms with Crippen molar-refractivity contribution in [3.63, 3.8) is 0 Å². The zero-order valence-corrected chi connectivity index (χ0v) is 10.6. The van der Waals surface area contributed by atoms with E-state index < -0.39 is 5.97 Å². The minimum absolute atomic E-state index is 0.0181. The molecule has 0 radical (unpaired) electrons. The molecule has 6 nitrogen and oxygen atoms in total. The molecule has 6 heteroatoms. The van der Waals surface area contributed by atoms with Crippen molar-refractivity contribution >= 4 is 11.9 Å². The predicted molar refractivity (Wildman–Crippen MR) is 71.0 cm³/mol. The Bertz CT molecular complexity index is 597. The van der Waals surface area contributed by atoms with E-state index in [1.807, 2.05) is 6.07 Å². The first-order valence-corrected chi connectivity index (χ1v) is 5.99. The molecule has 2 aromatic heterocycles. The van der Waals surface area contributed by atoms with Crippen LogP contribution in [0.1, 0.15) is 21.6 Å². The number of hydrogen-bond donors (Lipinski definition) is 2. The van der Waals surface area contributed by atoms with Crippen molar-refractivity contribution in [2.45, 2.75) is 13.0 Å². The number of rotatable bonds is 5. The van der Waals surface area contributed by atoms with E-state index in [1.54, 1.807) is 24.5 Å². The Labute approximate surface area is 115 Å². The van der Waals surface area contributed by atoms with Gasteiger partial charge in [0.05, 0.1) is 6.42 Å². The minimum atomic E-state index is -1.07. The van der Waals surface area contributed by atoms with Gasteiger partial charge in [0, 0.05) is 25.1 Å². The van der Waals surface area contributed by atoms with Crippen molar-refractivity contribution < 1.29 is 14.7 Å². The topological polar surface area (TPSA) is 92.2 Å². The Morgan fingerprint density at radius 2 is 2.00 bits per heavy atom. The first-order valence-electron chi connectivity index (χ1n) is 5.99. The van der Waals surface area contributed by atoms with Gasteiger partial charge in [-0.2, -0.15) is 0 Å². The van der Waals surface area contributed by atoms with Crippen molar-refractivity contribution in [3.05, 3.63) is 59.7 Å². The van der Waals surface area contributed by atoms with Crippen molar-refractivity contribution in [3.8, 4) is 0 Å². The molecule has 0 atom stereocenters. The van der Waals surface area contributed by atoms with Crippen LogP contribution >= 0.6 is 0 Å². The third-order valence-corrected chi connectivity index (χ3v) is 2.62. The fourth-order valence-electron chi connectivity index (χ4n) is 1.61. The van der Waals surface area contributed by atoms with E-state index >= 15 is 0 Å². The monoisotopic (exact) mass is 271 g/mol. The van der Waals surface area contributed by atoms with Gasteiger partial charge in [0.25, 0.3) is 0 Å². The maximum Gasteiger partial charge on any atom is 0.354 e. The summed E-state index contributed by atoms with van der Waals surface area (Å²) in [6.07, 6.45) is 4.99. The van der Waals surface area contributed by atoms with Crippen molar-refractivity contribution in [2.75, 3.05) is 0 Å². The maximum absolute atomic E-state index is 11.7. The van der Waals surface area contributed by atoms with Crippen LogP contribution in [-0.2, 0) is 17.8 Å². The number of carboxylic acids is 1. The third kappa shape index (κ3) is 3.88. The number of aromatic carboxylic acids is 1. The van der Waals surface area contributed by atoms with Gasteiger partial charge in [0.15, 0.2) is 0 Å². The molecule has 2 N–H and O–H groups in total. The summed E-state index contributed by atoms with van der Waals surface area (Å²) in [7, 11) is 0. The van der Waals surface area contributed by atoms with Crippen LogP contribution in [0.25, 0.3) is 0 Å².